The molecule has 1 heterocycles. The normalized spacial score (nSPS) is 19.5. The monoisotopic (exact) mass is 281 g/mol. The Labute approximate surface area is 111 Å². The Morgan fingerprint density at radius 2 is 2.00 bits per heavy atom. The predicted octanol–water partition coefficient (Wildman–Crippen LogP) is 1.32. The van der Waals surface area contributed by atoms with Crippen LogP contribution in [0.5, 0.6) is 0 Å². The minimum absolute atomic E-state index is 0.0417. The Hall–Kier alpha value is -1.87. The topological polar surface area (TPSA) is 54.5 Å². The van der Waals surface area contributed by atoms with E-state index in [1.165, 1.54) is 4.90 Å². The van der Waals surface area contributed by atoms with Gasteiger partial charge in [-0.25, -0.2) is 0 Å². The van der Waals surface area contributed by atoms with Crippen molar-refractivity contribution in [3.05, 3.63) is 29.8 Å². The number of rotatable bonds is 3. The fourth-order valence-corrected chi connectivity index (χ4v) is 2.95. The van der Waals surface area contributed by atoms with Gasteiger partial charge in [-0.1, -0.05) is 5.92 Å². The maximum Gasteiger partial charge on any atom is 0.302 e. The molecule has 0 spiro atoms. The van der Waals surface area contributed by atoms with Crippen LogP contribution in [-0.4, -0.2) is 26.6 Å². The molecule has 0 radical (unpaired) electrons. The molecule has 0 bridgehead atoms. The van der Waals surface area contributed by atoms with Gasteiger partial charge in [0.1, 0.15) is 0 Å². The Morgan fingerprint density at radius 3 is 2.53 bits per heavy atom. The van der Waals surface area contributed by atoms with Gasteiger partial charge < -0.3 is 4.90 Å². The Bertz CT molecular complexity index is 631. The molecule has 4 nitrogen and oxygen atoms in total. The highest BCUT2D eigenvalue weighted by molar-refractivity contribution is 7.86. The summed E-state index contributed by atoms with van der Waals surface area (Å²) in [5.41, 5.74) is 1.33. The fraction of sp³-hybridized carbons (Fsp3) is 0.308. The second kappa shape index (κ2) is 5.02. The molecule has 1 fully saturated rings. The fourth-order valence-electron chi connectivity index (χ4n) is 2.16. The van der Waals surface area contributed by atoms with Crippen LogP contribution in [0.15, 0.2) is 24.3 Å². The highest BCUT2D eigenvalue weighted by Gasteiger charge is 2.33. The molecule has 1 unspecified atom stereocenters. The molecule has 0 N–H and O–H groups in total. The van der Waals surface area contributed by atoms with Gasteiger partial charge in [0.15, 0.2) is 0 Å². The summed E-state index contributed by atoms with van der Waals surface area (Å²) in [5, 5.41) is 0. The van der Waals surface area contributed by atoms with E-state index in [0.29, 0.717) is 11.3 Å². The summed E-state index contributed by atoms with van der Waals surface area (Å²) in [6.45, 7) is 0.206. The van der Waals surface area contributed by atoms with Crippen LogP contribution in [0.25, 0.3) is 0 Å². The third kappa shape index (κ3) is 3.32. The van der Waals surface area contributed by atoms with Gasteiger partial charge in [-0.2, -0.15) is 8.42 Å². The van der Waals surface area contributed by atoms with Crippen LogP contribution in [0.1, 0.15) is 12.0 Å². The molecular weight excluding hydrogens is 269 g/mol. The van der Waals surface area contributed by atoms with Crippen molar-refractivity contribution in [3.63, 3.8) is 0 Å². The van der Waals surface area contributed by atoms with E-state index in [1.807, 2.05) is 0 Å². The molecule has 19 heavy (non-hydrogen) atoms. The van der Waals surface area contributed by atoms with Crippen LogP contribution in [0.3, 0.4) is 0 Å². The molecule has 1 atom stereocenters. The molecule has 6 heteroatoms. The summed E-state index contributed by atoms with van der Waals surface area (Å²) in [6.07, 6.45) is 5.27. The van der Waals surface area contributed by atoms with Crippen LogP contribution in [0, 0.1) is 18.3 Å². The minimum Gasteiger partial charge on any atom is -0.312 e. The molecule has 0 aromatic heterocycles. The first-order valence-corrected chi connectivity index (χ1v) is 7.23. The van der Waals surface area contributed by atoms with Crippen LogP contribution >= 0.6 is 0 Å². The molecule has 1 aliphatic rings. The standard InChI is InChI=1S/C13H12FNO3S/c1-2-10-3-5-12(6-4-10)15-8-11(7-13(15)16)9-19(14,17)18/h1,3-6,11H,7-9H2. The maximum atomic E-state index is 12.6. The Balaban J connectivity index is 2.13. The lowest BCUT2D eigenvalue weighted by atomic mass is 10.1. The summed E-state index contributed by atoms with van der Waals surface area (Å²) in [4.78, 5) is 13.2. The highest BCUT2D eigenvalue weighted by Crippen LogP contribution is 2.26. The first-order chi connectivity index (χ1) is 8.89. The van der Waals surface area contributed by atoms with Crippen molar-refractivity contribution in [1.29, 1.82) is 0 Å². The maximum absolute atomic E-state index is 12.6. The third-order valence-electron chi connectivity index (χ3n) is 2.99. The predicted molar refractivity (Wildman–Crippen MR) is 69.7 cm³/mol. The molecule has 100 valence electrons. The molecule has 1 aliphatic heterocycles. The van der Waals surface area contributed by atoms with Crippen molar-refractivity contribution in [3.8, 4) is 12.3 Å². The van der Waals surface area contributed by atoms with Gasteiger partial charge in [0.05, 0.1) is 5.75 Å². The van der Waals surface area contributed by atoms with Gasteiger partial charge in [-0.3, -0.25) is 4.79 Å². The molecule has 1 amide bonds. The summed E-state index contributed by atoms with van der Waals surface area (Å²) < 4.78 is 33.8. The lowest BCUT2D eigenvalue weighted by Gasteiger charge is -2.16. The third-order valence-corrected chi connectivity index (χ3v) is 3.86. The molecule has 0 aliphatic carbocycles. The lowest BCUT2D eigenvalue weighted by molar-refractivity contribution is -0.117. The molecule has 2 rings (SSSR count). The quantitative estimate of drug-likeness (QED) is 0.620. The largest absolute Gasteiger partial charge is 0.312 e. The highest BCUT2D eigenvalue weighted by atomic mass is 32.3. The van der Waals surface area contributed by atoms with E-state index in [0.717, 1.165) is 0 Å². The molecule has 1 aromatic rings. The smallest absolute Gasteiger partial charge is 0.302 e. The number of terminal acetylenes is 1. The van der Waals surface area contributed by atoms with E-state index >= 15 is 0 Å². The van der Waals surface area contributed by atoms with Gasteiger partial charge in [-0.05, 0) is 24.3 Å². The number of carbonyl (C=O) groups is 1. The van der Waals surface area contributed by atoms with Gasteiger partial charge in [-0.15, -0.1) is 10.3 Å². The molecule has 1 saturated heterocycles. The number of hydrogen-bond donors (Lipinski definition) is 0. The lowest BCUT2D eigenvalue weighted by Crippen LogP contribution is -2.25. The SMILES string of the molecule is C#Cc1ccc(N2CC(CS(=O)(=O)F)CC2=O)cc1. The van der Waals surface area contributed by atoms with Crippen molar-refractivity contribution in [1.82, 2.24) is 0 Å². The Kier molecular flexibility index (Phi) is 3.58. The summed E-state index contributed by atoms with van der Waals surface area (Å²) in [5.74, 6) is 1.14. The molecule has 0 saturated carbocycles. The van der Waals surface area contributed by atoms with Crippen molar-refractivity contribution in [2.45, 2.75) is 6.42 Å². The zero-order valence-electron chi connectivity index (χ0n) is 10.0. The number of amides is 1. The molecule has 1 aromatic carbocycles. The summed E-state index contributed by atoms with van der Waals surface area (Å²) >= 11 is 0. The zero-order valence-corrected chi connectivity index (χ0v) is 10.9. The van der Waals surface area contributed by atoms with Crippen molar-refractivity contribution < 1.29 is 17.1 Å². The summed E-state index contributed by atoms with van der Waals surface area (Å²) in [6, 6.07) is 6.78. The average Bonchev–Trinajstić information content (AvgIpc) is 2.68. The minimum atomic E-state index is -4.55. The first kappa shape index (κ1) is 13.6. The number of halogens is 1. The van der Waals surface area contributed by atoms with Gasteiger partial charge in [0.25, 0.3) is 0 Å². The van der Waals surface area contributed by atoms with Crippen molar-refractivity contribution >= 4 is 21.8 Å². The van der Waals surface area contributed by atoms with E-state index < -0.39 is 21.9 Å². The van der Waals surface area contributed by atoms with E-state index in [2.05, 4.69) is 5.92 Å². The number of benzene rings is 1. The number of nitrogens with zero attached hydrogens (tertiary/aromatic N) is 1. The van der Waals surface area contributed by atoms with E-state index in [1.54, 1.807) is 24.3 Å². The second-order valence-electron chi connectivity index (χ2n) is 4.47. The van der Waals surface area contributed by atoms with Crippen LogP contribution in [0.4, 0.5) is 9.57 Å². The van der Waals surface area contributed by atoms with E-state index in [4.69, 9.17) is 6.42 Å². The number of carbonyl (C=O) groups excluding carboxylic acids is 1. The van der Waals surface area contributed by atoms with Crippen LogP contribution in [-0.2, 0) is 15.0 Å². The van der Waals surface area contributed by atoms with Gasteiger partial charge >= 0.3 is 10.2 Å². The van der Waals surface area contributed by atoms with Crippen molar-refractivity contribution in [2.24, 2.45) is 5.92 Å². The average molecular weight is 281 g/mol. The number of hydrogen-bond acceptors (Lipinski definition) is 3. The Morgan fingerprint density at radius 1 is 1.37 bits per heavy atom. The first-order valence-electron chi connectivity index (χ1n) is 5.68. The number of anilines is 1. The van der Waals surface area contributed by atoms with Gasteiger partial charge in [0, 0.05) is 30.1 Å². The van der Waals surface area contributed by atoms with Crippen molar-refractivity contribution in [2.75, 3.05) is 17.2 Å². The van der Waals surface area contributed by atoms with Crippen LogP contribution < -0.4 is 4.90 Å². The molecular formula is C13H12FNO3S. The van der Waals surface area contributed by atoms with E-state index in [9.17, 15) is 17.1 Å². The van der Waals surface area contributed by atoms with Crippen LogP contribution in [0.2, 0.25) is 0 Å². The van der Waals surface area contributed by atoms with Gasteiger partial charge in [0.2, 0.25) is 5.91 Å². The second-order valence-corrected chi connectivity index (χ2v) is 5.88. The zero-order chi connectivity index (χ0) is 14.0. The van der Waals surface area contributed by atoms with E-state index in [-0.39, 0.29) is 18.9 Å². The summed E-state index contributed by atoms with van der Waals surface area (Å²) in [7, 11) is -4.55.